The number of epoxide rings is 1. The second-order valence-corrected chi connectivity index (χ2v) is 11.3. The summed E-state index contributed by atoms with van der Waals surface area (Å²) in [6.45, 7) is 9.50. The molecular weight excluding hydrogens is 444 g/mol. The topological polar surface area (TPSA) is 94.0 Å². The predicted octanol–water partition coefficient (Wildman–Crippen LogP) is 4.82. The fraction of sp³-hybridized carbons (Fsp3) is 0.679. The lowest BCUT2D eigenvalue weighted by Crippen LogP contribution is -2.39. The van der Waals surface area contributed by atoms with Crippen molar-refractivity contribution < 1.29 is 24.2 Å². The third-order valence-electron chi connectivity index (χ3n) is 8.19. The maximum absolute atomic E-state index is 13.2. The maximum atomic E-state index is 13.2. The normalized spacial score (nSPS) is 32.8. The minimum Gasteiger partial charge on any atom is -0.457 e. The van der Waals surface area contributed by atoms with Crippen molar-refractivity contribution in [2.24, 2.45) is 24.3 Å². The quantitative estimate of drug-likeness (QED) is 0.461. The van der Waals surface area contributed by atoms with Gasteiger partial charge in [-0.05, 0) is 49.8 Å². The first-order valence-electron chi connectivity index (χ1n) is 13.0. The molecule has 2 aliphatic rings. The van der Waals surface area contributed by atoms with E-state index in [4.69, 9.17) is 9.47 Å². The van der Waals surface area contributed by atoms with Crippen molar-refractivity contribution in [3.63, 3.8) is 0 Å². The molecule has 2 saturated heterocycles. The van der Waals surface area contributed by atoms with Crippen molar-refractivity contribution in [1.82, 2.24) is 9.55 Å². The largest absolute Gasteiger partial charge is 0.457 e. The number of aryl methyl sites for hydroxylation is 2. The van der Waals surface area contributed by atoms with Crippen LogP contribution < -0.4 is 0 Å². The Balaban J connectivity index is 1.56. The molecule has 3 heterocycles. The number of hydrogen-bond donors (Lipinski definition) is 1. The van der Waals surface area contributed by atoms with Gasteiger partial charge < -0.3 is 19.1 Å². The van der Waals surface area contributed by atoms with Crippen LogP contribution in [0.1, 0.15) is 83.7 Å². The van der Waals surface area contributed by atoms with Crippen LogP contribution in [0.4, 0.5) is 0 Å². The van der Waals surface area contributed by atoms with Crippen LogP contribution in [0.2, 0.25) is 0 Å². The van der Waals surface area contributed by atoms with Gasteiger partial charge in [-0.2, -0.15) is 0 Å². The molecule has 0 bridgehead atoms. The highest BCUT2D eigenvalue weighted by Crippen LogP contribution is 2.39. The molecule has 192 valence electrons. The number of ether oxygens (including phenoxy) is 2. The molecule has 0 spiro atoms. The highest BCUT2D eigenvalue weighted by Gasteiger charge is 2.42. The Labute approximate surface area is 208 Å². The summed E-state index contributed by atoms with van der Waals surface area (Å²) >= 11 is 0. The molecule has 2 aromatic rings. The fourth-order valence-corrected chi connectivity index (χ4v) is 5.47. The van der Waals surface area contributed by atoms with Crippen LogP contribution >= 0.6 is 0 Å². The van der Waals surface area contributed by atoms with Crippen LogP contribution in [-0.2, 0) is 26.1 Å². The number of cyclic esters (lactones) is 1. The highest BCUT2D eigenvalue weighted by atomic mass is 16.6. The second kappa shape index (κ2) is 10.0. The van der Waals surface area contributed by atoms with E-state index in [9.17, 15) is 14.7 Å². The van der Waals surface area contributed by atoms with E-state index in [1.165, 1.54) is 0 Å². The van der Waals surface area contributed by atoms with Crippen molar-refractivity contribution in [3.8, 4) is 0 Å². The molecule has 2 fully saturated rings. The number of Topliss-reactive ketones (excluding diaryl/α,β-unsaturated/α-hetero) is 1. The molecule has 4 rings (SSSR count). The van der Waals surface area contributed by atoms with E-state index in [2.05, 4.69) is 4.98 Å². The van der Waals surface area contributed by atoms with Gasteiger partial charge in [-0.15, -0.1) is 0 Å². The molecule has 0 unspecified atom stereocenters. The van der Waals surface area contributed by atoms with Crippen LogP contribution in [0.15, 0.2) is 18.2 Å². The Morgan fingerprint density at radius 1 is 1.14 bits per heavy atom. The molecular formula is C28H40N2O5. The van der Waals surface area contributed by atoms with Crippen LogP contribution in [0, 0.1) is 24.2 Å². The number of imidazole rings is 1. The summed E-state index contributed by atoms with van der Waals surface area (Å²) < 4.78 is 14.0. The third-order valence-corrected chi connectivity index (χ3v) is 8.19. The number of aromatic nitrogens is 2. The maximum Gasteiger partial charge on any atom is 0.306 e. The number of benzene rings is 1. The molecule has 7 nitrogen and oxygen atoms in total. The lowest BCUT2D eigenvalue weighted by molar-refractivity contribution is -0.151. The van der Waals surface area contributed by atoms with E-state index >= 15 is 0 Å². The summed E-state index contributed by atoms with van der Waals surface area (Å²) in [6, 6.07) is 6.04. The summed E-state index contributed by atoms with van der Waals surface area (Å²) in [5, 5.41) is 10.8. The zero-order valence-corrected chi connectivity index (χ0v) is 21.9. The molecule has 0 amide bonds. The van der Waals surface area contributed by atoms with Crippen molar-refractivity contribution in [1.29, 1.82) is 0 Å². The van der Waals surface area contributed by atoms with Gasteiger partial charge in [-0.3, -0.25) is 9.59 Å². The van der Waals surface area contributed by atoms with Crippen LogP contribution in [-0.4, -0.2) is 44.7 Å². The molecule has 1 N–H and O–H groups in total. The molecule has 1 aromatic carbocycles. The van der Waals surface area contributed by atoms with E-state index in [-0.39, 0.29) is 36.3 Å². The zero-order chi connectivity index (χ0) is 25.5. The van der Waals surface area contributed by atoms with Crippen molar-refractivity contribution in [2.45, 2.75) is 97.6 Å². The van der Waals surface area contributed by atoms with E-state index in [1.54, 1.807) is 6.92 Å². The SMILES string of the molecule is Cc1nc2cc([C@@H]3C[C@@H]4O[C@H]4CCC[C@H](C)[C@H](O)[C@@H](C)C(=O)C(C)(C)CCC(=O)O3)ccc2n1C. The number of aliphatic hydroxyl groups is 1. The molecule has 1 aromatic heterocycles. The molecule has 35 heavy (non-hydrogen) atoms. The number of hydrogen-bond acceptors (Lipinski definition) is 6. The number of nitrogens with zero attached hydrogens (tertiary/aromatic N) is 2. The number of ketones is 1. The number of rotatable bonds is 1. The first-order chi connectivity index (χ1) is 16.5. The highest BCUT2D eigenvalue weighted by molar-refractivity contribution is 5.87. The fourth-order valence-electron chi connectivity index (χ4n) is 5.47. The van der Waals surface area contributed by atoms with E-state index < -0.39 is 23.5 Å². The summed E-state index contributed by atoms with van der Waals surface area (Å²) in [4.78, 5) is 30.8. The van der Waals surface area contributed by atoms with Crippen LogP contribution in [0.25, 0.3) is 11.0 Å². The Bertz CT molecular complexity index is 1090. The monoisotopic (exact) mass is 484 g/mol. The third kappa shape index (κ3) is 5.61. The minimum absolute atomic E-state index is 0.00476. The molecule has 7 heteroatoms. The van der Waals surface area contributed by atoms with Gasteiger partial charge in [0.05, 0.1) is 29.3 Å². The summed E-state index contributed by atoms with van der Waals surface area (Å²) in [5.41, 5.74) is 2.12. The Morgan fingerprint density at radius 3 is 2.63 bits per heavy atom. The molecule has 2 aliphatic heterocycles. The smallest absolute Gasteiger partial charge is 0.306 e. The Kier molecular flexibility index (Phi) is 7.39. The summed E-state index contributed by atoms with van der Waals surface area (Å²) in [6.07, 6.45) is 2.89. The standard InChI is InChI=1S/C28H40N2O5/c1-16-8-7-9-22-24(34-22)15-23(19-10-11-21-20(14-19)29-18(3)30(21)6)35-25(31)12-13-28(4,5)27(33)17(2)26(16)32/h10-11,14,16-17,22-24,26,32H,7-9,12-13,15H2,1-6H3/t16-,17+,22-,23-,24-,26-/m0/s1. The van der Waals surface area contributed by atoms with Gasteiger partial charge in [0, 0.05) is 31.2 Å². The summed E-state index contributed by atoms with van der Waals surface area (Å²) in [7, 11) is 1.99. The van der Waals surface area contributed by atoms with E-state index in [1.807, 2.05) is 57.5 Å². The molecule has 0 aliphatic carbocycles. The van der Waals surface area contributed by atoms with Crippen molar-refractivity contribution in [2.75, 3.05) is 0 Å². The summed E-state index contributed by atoms with van der Waals surface area (Å²) in [5.74, 6) is 0.156. The first-order valence-corrected chi connectivity index (χ1v) is 13.0. The molecule has 0 radical (unpaired) electrons. The lowest BCUT2D eigenvalue weighted by Gasteiger charge is -2.31. The van der Waals surface area contributed by atoms with Gasteiger partial charge in [-0.25, -0.2) is 4.98 Å². The average molecular weight is 485 g/mol. The number of fused-ring (bicyclic) bond motifs is 2. The number of aliphatic hydroxyl groups excluding tert-OH is 1. The van der Waals surface area contributed by atoms with Gasteiger partial charge in [0.15, 0.2) is 0 Å². The second-order valence-electron chi connectivity index (χ2n) is 11.3. The van der Waals surface area contributed by atoms with Crippen molar-refractivity contribution in [3.05, 3.63) is 29.6 Å². The predicted molar refractivity (Wildman–Crippen MR) is 134 cm³/mol. The van der Waals surface area contributed by atoms with Gasteiger partial charge >= 0.3 is 5.97 Å². The van der Waals surface area contributed by atoms with Crippen LogP contribution in [0.5, 0.6) is 0 Å². The van der Waals surface area contributed by atoms with E-state index in [0.29, 0.717) is 12.8 Å². The lowest BCUT2D eigenvalue weighted by atomic mass is 9.74. The number of carbonyl (C=O) groups excluding carboxylic acids is 2. The van der Waals surface area contributed by atoms with Gasteiger partial charge in [0.25, 0.3) is 0 Å². The number of carbonyl (C=O) groups is 2. The molecule has 0 saturated carbocycles. The van der Waals surface area contributed by atoms with E-state index in [0.717, 1.165) is 41.7 Å². The van der Waals surface area contributed by atoms with Gasteiger partial charge in [0.1, 0.15) is 17.7 Å². The van der Waals surface area contributed by atoms with Gasteiger partial charge in [-0.1, -0.05) is 40.2 Å². The average Bonchev–Trinajstić information content (AvgIpc) is 3.50. The minimum atomic E-state index is -0.721. The molecule has 6 atom stereocenters. The van der Waals surface area contributed by atoms with Gasteiger partial charge in [0.2, 0.25) is 0 Å². The number of esters is 1. The zero-order valence-electron chi connectivity index (χ0n) is 21.9. The Morgan fingerprint density at radius 2 is 1.89 bits per heavy atom. The van der Waals surface area contributed by atoms with Crippen LogP contribution in [0.3, 0.4) is 0 Å². The Hall–Kier alpha value is -2.25. The van der Waals surface area contributed by atoms with Crippen molar-refractivity contribution >= 4 is 22.8 Å². The first kappa shape index (κ1) is 25.8.